The summed E-state index contributed by atoms with van der Waals surface area (Å²) in [7, 11) is 1.56. The molecule has 0 heterocycles. The smallest absolute Gasteiger partial charge is 0.335 e. The van der Waals surface area contributed by atoms with E-state index in [2.05, 4.69) is 6.58 Å². The third-order valence-electron chi connectivity index (χ3n) is 2.87. The number of carboxylic acids is 1. The quantitative estimate of drug-likeness (QED) is 0.360. The number of amides is 1. The Morgan fingerprint density at radius 2 is 2.00 bits per heavy atom. The summed E-state index contributed by atoms with van der Waals surface area (Å²) in [6, 6.07) is 3.15. The molecule has 1 amide bonds. The van der Waals surface area contributed by atoms with Crippen LogP contribution in [0.3, 0.4) is 0 Å². The van der Waals surface area contributed by atoms with Gasteiger partial charge in [-0.3, -0.25) is 14.9 Å². The van der Waals surface area contributed by atoms with E-state index in [1.165, 1.54) is 4.90 Å². The van der Waals surface area contributed by atoms with E-state index < -0.39 is 22.5 Å². The fraction of sp³-hybridized carbons (Fsp3) is 0.286. The van der Waals surface area contributed by atoms with Gasteiger partial charge in [-0.25, -0.2) is 4.79 Å². The Balaban J connectivity index is 3.05. The molecule has 0 aliphatic heterocycles. The van der Waals surface area contributed by atoms with E-state index in [0.29, 0.717) is 13.0 Å². The average molecular weight is 292 g/mol. The van der Waals surface area contributed by atoms with Gasteiger partial charge in [0.2, 0.25) is 0 Å². The van der Waals surface area contributed by atoms with Gasteiger partial charge in [0, 0.05) is 31.3 Å². The number of allylic oxidation sites excluding steroid dienone is 1. The predicted octanol–water partition coefficient (Wildman–Crippen LogP) is 2.33. The van der Waals surface area contributed by atoms with Crippen LogP contribution in [-0.4, -0.2) is 40.4 Å². The number of non-ortho nitro benzene ring substituents is 1. The van der Waals surface area contributed by atoms with E-state index in [4.69, 9.17) is 5.11 Å². The monoisotopic (exact) mass is 292 g/mol. The molecular formula is C14H16N2O5. The van der Waals surface area contributed by atoms with Crippen molar-refractivity contribution >= 4 is 17.6 Å². The van der Waals surface area contributed by atoms with Crippen molar-refractivity contribution in [2.24, 2.45) is 0 Å². The number of nitro benzene ring substituents is 1. The summed E-state index contributed by atoms with van der Waals surface area (Å²) in [5.74, 6) is -1.77. The lowest BCUT2D eigenvalue weighted by atomic mass is 10.1. The molecule has 0 aliphatic rings. The summed E-state index contributed by atoms with van der Waals surface area (Å²) in [5.41, 5.74) is -0.715. The van der Waals surface area contributed by atoms with Crippen molar-refractivity contribution in [1.82, 2.24) is 4.90 Å². The summed E-state index contributed by atoms with van der Waals surface area (Å²) in [6.45, 7) is 4.03. The van der Waals surface area contributed by atoms with Crippen LogP contribution in [0, 0.1) is 10.1 Å². The van der Waals surface area contributed by atoms with Gasteiger partial charge in [-0.15, -0.1) is 6.58 Å². The minimum Gasteiger partial charge on any atom is -0.478 e. The maximum absolute atomic E-state index is 12.2. The van der Waals surface area contributed by atoms with Crippen LogP contribution in [-0.2, 0) is 0 Å². The molecule has 0 aromatic heterocycles. The second-order valence-electron chi connectivity index (χ2n) is 4.49. The maximum Gasteiger partial charge on any atom is 0.335 e. The summed E-state index contributed by atoms with van der Waals surface area (Å²) in [5, 5.41) is 19.8. The van der Waals surface area contributed by atoms with E-state index in [1.807, 2.05) is 0 Å². The number of benzene rings is 1. The number of unbranched alkanes of at least 4 members (excludes halogenated alkanes) is 1. The van der Waals surface area contributed by atoms with Crippen molar-refractivity contribution in [1.29, 1.82) is 0 Å². The lowest BCUT2D eigenvalue weighted by Gasteiger charge is -2.16. The highest BCUT2D eigenvalue weighted by atomic mass is 16.6. The Kier molecular flexibility index (Phi) is 5.59. The van der Waals surface area contributed by atoms with Gasteiger partial charge in [-0.05, 0) is 18.9 Å². The number of carbonyl (C=O) groups is 2. The third-order valence-corrected chi connectivity index (χ3v) is 2.87. The van der Waals surface area contributed by atoms with Gasteiger partial charge < -0.3 is 10.0 Å². The van der Waals surface area contributed by atoms with Gasteiger partial charge in [0.25, 0.3) is 11.6 Å². The minimum absolute atomic E-state index is 0.0114. The molecule has 1 N–H and O–H groups in total. The topological polar surface area (TPSA) is 101 Å². The van der Waals surface area contributed by atoms with Crippen LogP contribution in [0.4, 0.5) is 5.69 Å². The lowest BCUT2D eigenvalue weighted by molar-refractivity contribution is -0.384. The van der Waals surface area contributed by atoms with E-state index in [9.17, 15) is 19.7 Å². The van der Waals surface area contributed by atoms with E-state index >= 15 is 0 Å². The Bertz CT molecular complexity index is 550. The number of hydrogen-bond acceptors (Lipinski definition) is 4. The minimum atomic E-state index is -1.32. The molecule has 1 aromatic rings. The SMILES string of the molecule is C=CCCCN(C)C(=O)c1cc(C(=O)O)cc([N+](=O)[O-])c1. The fourth-order valence-electron chi connectivity index (χ4n) is 1.76. The average Bonchev–Trinajstić information content (AvgIpc) is 2.45. The van der Waals surface area contributed by atoms with Gasteiger partial charge in [0.05, 0.1) is 10.5 Å². The molecule has 0 aliphatic carbocycles. The Hall–Kier alpha value is -2.70. The standard InChI is InChI=1S/C14H16N2O5/c1-3-4-5-6-15(2)13(17)10-7-11(14(18)19)9-12(8-10)16(20)21/h3,7-9H,1,4-6H2,2H3,(H,18,19). The van der Waals surface area contributed by atoms with Crippen LogP contribution < -0.4 is 0 Å². The highest BCUT2D eigenvalue weighted by Gasteiger charge is 2.19. The van der Waals surface area contributed by atoms with E-state index in [0.717, 1.165) is 24.6 Å². The molecule has 0 radical (unpaired) electrons. The molecule has 1 rings (SSSR count). The first-order valence-corrected chi connectivity index (χ1v) is 6.26. The number of hydrogen-bond donors (Lipinski definition) is 1. The number of carbonyl (C=O) groups excluding carboxylic acids is 1. The van der Waals surface area contributed by atoms with Crippen LogP contribution in [0.5, 0.6) is 0 Å². The van der Waals surface area contributed by atoms with Crippen molar-refractivity contribution in [3.05, 3.63) is 52.1 Å². The summed E-state index contributed by atoms with van der Waals surface area (Å²) < 4.78 is 0. The van der Waals surface area contributed by atoms with Gasteiger partial charge in [0.15, 0.2) is 0 Å². The fourth-order valence-corrected chi connectivity index (χ4v) is 1.76. The first-order chi connectivity index (χ1) is 9.86. The molecule has 1 aromatic carbocycles. The van der Waals surface area contributed by atoms with Crippen molar-refractivity contribution in [2.75, 3.05) is 13.6 Å². The van der Waals surface area contributed by atoms with Crippen LogP contribution in [0.15, 0.2) is 30.9 Å². The molecule has 0 unspecified atom stereocenters. The summed E-state index contributed by atoms with van der Waals surface area (Å²) >= 11 is 0. The number of carboxylic acid groups (broad SMARTS) is 1. The number of nitrogens with zero attached hydrogens (tertiary/aromatic N) is 2. The molecule has 21 heavy (non-hydrogen) atoms. The summed E-state index contributed by atoms with van der Waals surface area (Å²) in [6.07, 6.45) is 3.19. The molecule has 7 heteroatoms. The van der Waals surface area contributed by atoms with Crippen molar-refractivity contribution in [3.8, 4) is 0 Å². The molecule has 112 valence electrons. The Labute approximate surface area is 121 Å². The van der Waals surface area contributed by atoms with Crippen LogP contribution in [0.2, 0.25) is 0 Å². The van der Waals surface area contributed by atoms with Gasteiger partial charge in [0.1, 0.15) is 0 Å². The second kappa shape index (κ2) is 7.18. The number of rotatable bonds is 7. The Morgan fingerprint density at radius 3 is 2.52 bits per heavy atom. The lowest BCUT2D eigenvalue weighted by Crippen LogP contribution is -2.28. The Morgan fingerprint density at radius 1 is 1.38 bits per heavy atom. The maximum atomic E-state index is 12.2. The van der Waals surface area contributed by atoms with Crippen molar-refractivity contribution in [3.63, 3.8) is 0 Å². The van der Waals surface area contributed by atoms with Crippen molar-refractivity contribution < 1.29 is 19.6 Å². The molecule has 0 fully saturated rings. The molecule has 7 nitrogen and oxygen atoms in total. The van der Waals surface area contributed by atoms with Crippen LogP contribution in [0.25, 0.3) is 0 Å². The highest BCUT2D eigenvalue weighted by molar-refractivity contribution is 5.98. The van der Waals surface area contributed by atoms with Gasteiger partial charge in [-0.2, -0.15) is 0 Å². The third kappa shape index (κ3) is 4.41. The molecule has 0 bridgehead atoms. The molecule has 0 saturated carbocycles. The molecule has 0 atom stereocenters. The van der Waals surface area contributed by atoms with Crippen molar-refractivity contribution in [2.45, 2.75) is 12.8 Å². The zero-order valence-electron chi connectivity index (χ0n) is 11.6. The zero-order chi connectivity index (χ0) is 16.0. The predicted molar refractivity (Wildman–Crippen MR) is 76.4 cm³/mol. The summed E-state index contributed by atoms with van der Waals surface area (Å²) in [4.78, 5) is 34.6. The normalized spacial score (nSPS) is 9.95. The first-order valence-electron chi connectivity index (χ1n) is 6.26. The zero-order valence-corrected chi connectivity index (χ0v) is 11.6. The molecular weight excluding hydrogens is 276 g/mol. The largest absolute Gasteiger partial charge is 0.478 e. The first kappa shape index (κ1) is 16.4. The number of aromatic carboxylic acids is 1. The number of nitro groups is 1. The molecule has 0 saturated heterocycles. The van der Waals surface area contributed by atoms with Crippen LogP contribution in [0.1, 0.15) is 33.6 Å². The van der Waals surface area contributed by atoms with Gasteiger partial charge >= 0.3 is 5.97 Å². The molecule has 0 spiro atoms. The van der Waals surface area contributed by atoms with Gasteiger partial charge in [-0.1, -0.05) is 6.08 Å². The van der Waals surface area contributed by atoms with Crippen LogP contribution >= 0.6 is 0 Å². The second-order valence-corrected chi connectivity index (χ2v) is 4.49. The van der Waals surface area contributed by atoms with E-state index in [1.54, 1.807) is 13.1 Å². The highest BCUT2D eigenvalue weighted by Crippen LogP contribution is 2.18. The van der Waals surface area contributed by atoms with E-state index in [-0.39, 0.29) is 11.1 Å².